The summed E-state index contributed by atoms with van der Waals surface area (Å²) < 4.78 is 31.3. The second-order valence-corrected chi connectivity index (χ2v) is 9.84. The predicted octanol–water partition coefficient (Wildman–Crippen LogP) is 2.18. The third kappa shape index (κ3) is 4.57. The lowest BCUT2D eigenvalue weighted by molar-refractivity contribution is 0.217. The fourth-order valence-corrected chi connectivity index (χ4v) is 4.59. The molecule has 0 unspecified atom stereocenters. The zero-order chi connectivity index (χ0) is 23.6. The number of sulfone groups is 1. The van der Waals surface area contributed by atoms with Crippen LogP contribution in [0.25, 0.3) is 11.5 Å². The smallest absolute Gasteiger partial charge is 0.330 e. The number of hydrogen-bond donors (Lipinski definition) is 0. The van der Waals surface area contributed by atoms with Crippen molar-refractivity contribution in [3.63, 3.8) is 0 Å². The van der Waals surface area contributed by atoms with Gasteiger partial charge in [0, 0.05) is 26.2 Å². The molecule has 4 rings (SSSR count). The minimum atomic E-state index is -3.54. The number of amides is 2. The summed E-state index contributed by atoms with van der Waals surface area (Å²) in [6, 6.07) is 8.33. The van der Waals surface area contributed by atoms with E-state index in [2.05, 4.69) is 20.2 Å². The molecule has 1 aliphatic rings. The van der Waals surface area contributed by atoms with Crippen LogP contribution >= 0.6 is 0 Å². The van der Waals surface area contributed by atoms with E-state index in [1.165, 1.54) is 19.4 Å². The normalized spacial score (nSPS) is 14.5. The third-order valence-electron chi connectivity index (χ3n) is 5.29. The van der Waals surface area contributed by atoms with Gasteiger partial charge in [0.05, 0.1) is 24.2 Å². The molecule has 0 saturated carbocycles. The summed E-state index contributed by atoms with van der Waals surface area (Å²) in [6.07, 6.45) is 3.05. The maximum atomic E-state index is 13.1. The summed E-state index contributed by atoms with van der Waals surface area (Å²) in [5, 5.41) is 8.11. The molecule has 33 heavy (non-hydrogen) atoms. The largest absolute Gasteiger partial charge is 0.384 e. The van der Waals surface area contributed by atoms with Crippen molar-refractivity contribution in [3.8, 4) is 11.5 Å². The molecule has 4 heterocycles. The number of pyridine rings is 2. The first-order valence-corrected chi connectivity index (χ1v) is 12.1. The number of carbonyl (C=O) groups is 1. The lowest BCUT2D eigenvalue weighted by atomic mass is 10.3. The van der Waals surface area contributed by atoms with Crippen LogP contribution < -0.4 is 9.80 Å². The number of carbonyl (C=O) groups excluding carboxylic acids is 1. The topological polar surface area (TPSA) is 123 Å². The van der Waals surface area contributed by atoms with Gasteiger partial charge in [-0.2, -0.15) is 0 Å². The van der Waals surface area contributed by atoms with Gasteiger partial charge >= 0.3 is 6.03 Å². The predicted molar refractivity (Wildman–Crippen MR) is 122 cm³/mol. The summed E-state index contributed by atoms with van der Waals surface area (Å²) in [7, 11) is -2.10. The highest BCUT2D eigenvalue weighted by molar-refractivity contribution is 7.91. The van der Waals surface area contributed by atoms with Crippen molar-refractivity contribution in [3.05, 3.63) is 42.9 Å². The Kier molecular flexibility index (Phi) is 6.38. The van der Waals surface area contributed by atoms with E-state index in [1.54, 1.807) is 28.3 Å². The van der Waals surface area contributed by atoms with Crippen molar-refractivity contribution in [1.29, 1.82) is 0 Å². The molecular weight excluding hydrogens is 446 g/mol. The van der Waals surface area contributed by atoms with Crippen molar-refractivity contribution in [1.82, 2.24) is 24.7 Å². The van der Waals surface area contributed by atoms with Crippen molar-refractivity contribution in [2.45, 2.75) is 24.9 Å². The zero-order valence-electron chi connectivity index (χ0n) is 18.6. The molecule has 3 aromatic rings. The van der Waals surface area contributed by atoms with Crippen LogP contribution in [-0.2, 0) is 14.6 Å². The number of methoxy groups -OCH3 is 1. The van der Waals surface area contributed by atoms with E-state index in [9.17, 15) is 13.2 Å². The SMILES string of the molecule is COCCS(=O)(=O)c1ccc(N2CCN(c3cccc(-c4nncn4C(C)C)n3)C2=O)cn1. The molecule has 2 amide bonds. The van der Waals surface area contributed by atoms with E-state index < -0.39 is 9.84 Å². The molecule has 174 valence electrons. The van der Waals surface area contributed by atoms with E-state index in [-0.39, 0.29) is 29.5 Å². The van der Waals surface area contributed by atoms with Crippen LogP contribution in [0.15, 0.2) is 47.9 Å². The molecule has 0 aliphatic carbocycles. The maximum absolute atomic E-state index is 13.1. The first-order valence-electron chi connectivity index (χ1n) is 10.5. The highest BCUT2D eigenvalue weighted by Gasteiger charge is 2.32. The Bertz CT molecular complexity index is 1240. The number of urea groups is 1. The number of hydrogen-bond acceptors (Lipinski definition) is 8. The Morgan fingerprint density at radius 2 is 1.91 bits per heavy atom. The quantitative estimate of drug-likeness (QED) is 0.490. The van der Waals surface area contributed by atoms with E-state index in [0.29, 0.717) is 36.1 Å². The first kappa shape index (κ1) is 22.8. The number of ether oxygens (including phenoxy) is 1. The number of rotatable bonds is 8. The van der Waals surface area contributed by atoms with E-state index in [0.717, 1.165) is 0 Å². The molecule has 11 nitrogen and oxygen atoms in total. The van der Waals surface area contributed by atoms with Gasteiger partial charge in [-0.05, 0) is 38.1 Å². The molecule has 0 atom stereocenters. The molecular formula is C21H25N7O4S. The Morgan fingerprint density at radius 1 is 1.12 bits per heavy atom. The van der Waals surface area contributed by atoms with Gasteiger partial charge < -0.3 is 9.30 Å². The van der Waals surface area contributed by atoms with Crippen LogP contribution in [0, 0.1) is 0 Å². The molecule has 1 aliphatic heterocycles. The molecule has 1 saturated heterocycles. The summed E-state index contributed by atoms with van der Waals surface area (Å²) in [6.45, 7) is 5.00. The van der Waals surface area contributed by atoms with Crippen LogP contribution in [-0.4, -0.2) is 71.7 Å². The van der Waals surface area contributed by atoms with Gasteiger partial charge in [-0.15, -0.1) is 10.2 Å². The summed E-state index contributed by atoms with van der Waals surface area (Å²) in [5.41, 5.74) is 1.14. The number of aromatic nitrogens is 5. The van der Waals surface area contributed by atoms with Gasteiger partial charge in [-0.3, -0.25) is 9.80 Å². The fraction of sp³-hybridized carbons (Fsp3) is 0.381. The van der Waals surface area contributed by atoms with E-state index in [1.807, 2.05) is 30.5 Å². The van der Waals surface area contributed by atoms with Gasteiger partial charge in [0.1, 0.15) is 17.8 Å². The molecule has 0 spiro atoms. The third-order valence-corrected chi connectivity index (χ3v) is 6.87. The molecule has 12 heteroatoms. The van der Waals surface area contributed by atoms with Crippen molar-refractivity contribution in [2.24, 2.45) is 0 Å². The van der Waals surface area contributed by atoms with E-state index >= 15 is 0 Å². The van der Waals surface area contributed by atoms with Crippen LogP contribution in [0.5, 0.6) is 0 Å². The van der Waals surface area contributed by atoms with Crippen LogP contribution in [0.3, 0.4) is 0 Å². The Hall–Kier alpha value is -3.38. The molecule has 0 radical (unpaired) electrons. The number of anilines is 2. The van der Waals surface area contributed by atoms with Crippen molar-refractivity contribution < 1.29 is 17.9 Å². The van der Waals surface area contributed by atoms with Gasteiger partial charge in [0.15, 0.2) is 20.7 Å². The minimum absolute atomic E-state index is 0.0459. The summed E-state index contributed by atoms with van der Waals surface area (Å²) in [5.74, 6) is 0.980. The molecule has 0 aromatic carbocycles. The monoisotopic (exact) mass is 471 g/mol. The summed E-state index contributed by atoms with van der Waals surface area (Å²) in [4.78, 5) is 24.9. The molecule has 3 aromatic heterocycles. The average molecular weight is 472 g/mol. The fourth-order valence-electron chi connectivity index (χ4n) is 3.50. The van der Waals surface area contributed by atoms with Crippen LogP contribution in [0.4, 0.5) is 16.3 Å². The highest BCUT2D eigenvalue weighted by atomic mass is 32.2. The van der Waals surface area contributed by atoms with Crippen molar-refractivity contribution >= 4 is 27.4 Å². The lowest BCUT2D eigenvalue weighted by Gasteiger charge is -2.18. The minimum Gasteiger partial charge on any atom is -0.384 e. The Balaban J connectivity index is 1.54. The van der Waals surface area contributed by atoms with Crippen LogP contribution in [0.2, 0.25) is 0 Å². The van der Waals surface area contributed by atoms with Gasteiger partial charge in [0.25, 0.3) is 0 Å². The van der Waals surface area contributed by atoms with Gasteiger partial charge in [-0.25, -0.2) is 23.2 Å². The Morgan fingerprint density at radius 3 is 2.61 bits per heavy atom. The van der Waals surface area contributed by atoms with Gasteiger partial charge in [0.2, 0.25) is 0 Å². The zero-order valence-corrected chi connectivity index (χ0v) is 19.4. The second-order valence-electron chi connectivity index (χ2n) is 7.79. The first-order chi connectivity index (χ1) is 15.8. The second kappa shape index (κ2) is 9.24. The average Bonchev–Trinajstić information content (AvgIpc) is 3.45. The number of nitrogens with zero attached hydrogens (tertiary/aromatic N) is 7. The molecule has 0 bridgehead atoms. The van der Waals surface area contributed by atoms with Crippen LogP contribution in [0.1, 0.15) is 19.9 Å². The molecule has 1 fully saturated rings. The Labute approximate surface area is 192 Å². The molecule has 0 N–H and O–H groups in total. The van der Waals surface area contributed by atoms with E-state index in [4.69, 9.17) is 4.74 Å². The summed E-state index contributed by atoms with van der Waals surface area (Å²) >= 11 is 0. The van der Waals surface area contributed by atoms with Gasteiger partial charge in [-0.1, -0.05) is 6.07 Å². The van der Waals surface area contributed by atoms with Crippen molar-refractivity contribution in [2.75, 3.05) is 42.4 Å². The lowest BCUT2D eigenvalue weighted by Crippen LogP contribution is -2.32. The highest BCUT2D eigenvalue weighted by Crippen LogP contribution is 2.26. The maximum Gasteiger partial charge on any atom is 0.330 e. The standard InChI is InChI=1S/C21H25N7O4S/c1-15(2)28-14-23-25-20(28)17-5-4-6-18(24-17)27-10-9-26(21(27)29)16-7-8-19(22-13-16)33(30,31)12-11-32-3/h4-8,13-15H,9-12H2,1-3H3.